The molecule has 15 heavy (non-hydrogen) atoms. The molecule has 0 N–H and O–H groups in total. The number of rotatable bonds is 4. The van der Waals surface area contributed by atoms with E-state index in [1.165, 1.54) is 6.26 Å². The van der Waals surface area contributed by atoms with Crippen molar-refractivity contribution in [1.82, 2.24) is 4.98 Å². The first-order valence-corrected chi connectivity index (χ1v) is 7.25. The molecule has 0 aliphatic heterocycles. The van der Waals surface area contributed by atoms with E-state index in [2.05, 4.69) is 20.9 Å². The van der Waals surface area contributed by atoms with Crippen LogP contribution in [0, 0.1) is 0 Å². The predicted octanol–water partition coefficient (Wildman–Crippen LogP) is 1.32. The lowest BCUT2D eigenvalue weighted by atomic mass is 10.4. The summed E-state index contributed by atoms with van der Waals surface area (Å²) < 4.78 is 22.7. The Labute approximate surface area is 98.4 Å². The molecule has 0 unspecified atom stereocenters. The lowest BCUT2D eigenvalue weighted by Crippen LogP contribution is -2.25. The Bertz CT molecular complexity index is 433. The summed E-state index contributed by atoms with van der Waals surface area (Å²) in [4.78, 5) is 6.03. The smallest absolute Gasteiger partial charge is 0.149 e. The Hall–Kier alpha value is -0.620. The number of aromatic nitrogens is 1. The molecule has 1 heterocycles. The first-order valence-electron chi connectivity index (χ1n) is 4.40. The van der Waals surface area contributed by atoms with Gasteiger partial charge in [-0.25, -0.2) is 13.4 Å². The van der Waals surface area contributed by atoms with E-state index in [1.54, 1.807) is 0 Å². The van der Waals surface area contributed by atoms with E-state index in [1.807, 2.05) is 30.1 Å². The van der Waals surface area contributed by atoms with Gasteiger partial charge in [-0.1, -0.05) is 6.07 Å². The van der Waals surface area contributed by atoms with Gasteiger partial charge >= 0.3 is 0 Å². The van der Waals surface area contributed by atoms with Crippen molar-refractivity contribution in [3.05, 3.63) is 22.8 Å². The van der Waals surface area contributed by atoms with E-state index in [4.69, 9.17) is 0 Å². The summed E-state index contributed by atoms with van der Waals surface area (Å²) in [6.07, 6.45) is 1.23. The zero-order chi connectivity index (χ0) is 11.5. The molecule has 0 saturated heterocycles. The number of pyridine rings is 1. The molecule has 1 aromatic rings. The zero-order valence-corrected chi connectivity index (χ0v) is 11.0. The topological polar surface area (TPSA) is 50.3 Å². The Kier molecular flexibility index (Phi) is 4.10. The van der Waals surface area contributed by atoms with Crippen molar-refractivity contribution in [2.75, 3.05) is 30.5 Å². The molecule has 0 aromatic carbocycles. The quantitative estimate of drug-likeness (QED) is 0.786. The normalized spacial score (nSPS) is 11.4. The van der Waals surface area contributed by atoms with Crippen molar-refractivity contribution in [3.8, 4) is 0 Å². The molecule has 84 valence electrons. The number of nitrogens with zero attached hydrogens (tertiary/aromatic N) is 2. The predicted molar refractivity (Wildman–Crippen MR) is 64.9 cm³/mol. The fraction of sp³-hybridized carbons (Fsp3) is 0.444. The Morgan fingerprint density at radius 1 is 1.47 bits per heavy atom. The van der Waals surface area contributed by atoms with Crippen LogP contribution in [-0.2, 0) is 9.84 Å². The minimum atomic E-state index is -2.92. The summed E-state index contributed by atoms with van der Waals surface area (Å²) >= 11 is 3.27. The van der Waals surface area contributed by atoms with Crippen molar-refractivity contribution in [2.45, 2.75) is 0 Å². The maximum absolute atomic E-state index is 11.0. The molecule has 0 saturated carbocycles. The molecule has 0 amide bonds. The van der Waals surface area contributed by atoms with Gasteiger partial charge in [-0.05, 0) is 28.1 Å². The van der Waals surface area contributed by atoms with Crippen LogP contribution in [0.1, 0.15) is 0 Å². The largest absolute Gasteiger partial charge is 0.359 e. The van der Waals surface area contributed by atoms with Crippen LogP contribution in [0.25, 0.3) is 0 Å². The monoisotopic (exact) mass is 292 g/mol. The molecular weight excluding hydrogens is 280 g/mol. The number of hydrogen-bond acceptors (Lipinski definition) is 4. The highest BCUT2D eigenvalue weighted by atomic mass is 79.9. The molecule has 0 fully saturated rings. The van der Waals surface area contributed by atoms with E-state index < -0.39 is 9.84 Å². The van der Waals surface area contributed by atoms with Gasteiger partial charge in [-0.3, -0.25) is 0 Å². The fourth-order valence-electron chi connectivity index (χ4n) is 1.03. The van der Waals surface area contributed by atoms with Gasteiger partial charge < -0.3 is 4.90 Å². The SMILES string of the molecule is CN(CCS(C)(=O)=O)c1cccc(Br)n1. The minimum Gasteiger partial charge on any atom is -0.359 e. The first kappa shape index (κ1) is 12.4. The highest BCUT2D eigenvalue weighted by molar-refractivity contribution is 9.10. The van der Waals surface area contributed by atoms with Gasteiger partial charge in [0.1, 0.15) is 20.3 Å². The van der Waals surface area contributed by atoms with Crippen LogP contribution in [0.5, 0.6) is 0 Å². The van der Waals surface area contributed by atoms with Gasteiger partial charge in [0, 0.05) is 19.8 Å². The molecule has 0 spiro atoms. The molecule has 4 nitrogen and oxygen atoms in total. The Morgan fingerprint density at radius 3 is 2.67 bits per heavy atom. The molecule has 0 radical (unpaired) electrons. The number of sulfone groups is 1. The van der Waals surface area contributed by atoms with Gasteiger partial charge in [0.05, 0.1) is 5.75 Å². The standard InChI is InChI=1S/C9H13BrN2O2S/c1-12(6-7-15(2,13)14)9-5-3-4-8(10)11-9/h3-5H,6-7H2,1-2H3. The highest BCUT2D eigenvalue weighted by Crippen LogP contribution is 2.13. The number of halogens is 1. The number of hydrogen-bond donors (Lipinski definition) is 0. The van der Waals surface area contributed by atoms with Crippen molar-refractivity contribution in [2.24, 2.45) is 0 Å². The van der Waals surface area contributed by atoms with Gasteiger partial charge in [0.2, 0.25) is 0 Å². The van der Waals surface area contributed by atoms with E-state index in [0.29, 0.717) is 6.54 Å². The van der Waals surface area contributed by atoms with Crippen LogP contribution in [0.4, 0.5) is 5.82 Å². The van der Waals surface area contributed by atoms with E-state index in [0.717, 1.165) is 10.4 Å². The Balaban J connectivity index is 2.65. The van der Waals surface area contributed by atoms with Gasteiger partial charge in [-0.15, -0.1) is 0 Å². The summed E-state index contributed by atoms with van der Waals surface area (Å²) in [6.45, 7) is 0.447. The minimum absolute atomic E-state index is 0.137. The second-order valence-electron chi connectivity index (χ2n) is 3.37. The average molecular weight is 293 g/mol. The van der Waals surface area contributed by atoms with Gasteiger partial charge in [0.25, 0.3) is 0 Å². The summed E-state index contributed by atoms with van der Waals surface area (Å²) in [5, 5.41) is 0. The van der Waals surface area contributed by atoms with Crippen molar-refractivity contribution >= 4 is 31.6 Å². The third-order valence-electron chi connectivity index (χ3n) is 1.89. The van der Waals surface area contributed by atoms with Crippen LogP contribution >= 0.6 is 15.9 Å². The van der Waals surface area contributed by atoms with Crippen LogP contribution in [-0.4, -0.2) is 39.0 Å². The molecule has 0 aliphatic rings. The maximum Gasteiger partial charge on any atom is 0.149 e. The summed E-state index contributed by atoms with van der Waals surface area (Å²) in [6, 6.07) is 5.53. The molecular formula is C9H13BrN2O2S. The summed E-state index contributed by atoms with van der Waals surface area (Å²) in [7, 11) is -1.10. The molecule has 0 atom stereocenters. The van der Waals surface area contributed by atoms with E-state index in [9.17, 15) is 8.42 Å². The van der Waals surface area contributed by atoms with Crippen LogP contribution in [0.15, 0.2) is 22.8 Å². The third kappa shape index (κ3) is 4.61. The van der Waals surface area contributed by atoms with Gasteiger partial charge in [-0.2, -0.15) is 0 Å². The van der Waals surface area contributed by atoms with Crippen LogP contribution in [0.3, 0.4) is 0 Å². The lowest BCUT2D eigenvalue weighted by Gasteiger charge is -2.17. The molecule has 6 heteroatoms. The lowest BCUT2D eigenvalue weighted by molar-refractivity contribution is 0.601. The fourth-order valence-corrected chi connectivity index (χ4v) is 1.97. The third-order valence-corrected chi connectivity index (χ3v) is 3.25. The summed E-state index contributed by atoms with van der Waals surface area (Å²) in [5.74, 6) is 0.894. The average Bonchev–Trinajstić information content (AvgIpc) is 2.13. The zero-order valence-electron chi connectivity index (χ0n) is 8.64. The second kappa shape index (κ2) is 4.94. The first-order chi connectivity index (χ1) is 6.88. The Morgan fingerprint density at radius 2 is 2.13 bits per heavy atom. The van der Waals surface area contributed by atoms with Crippen molar-refractivity contribution in [1.29, 1.82) is 0 Å². The highest BCUT2D eigenvalue weighted by Gasteiger charge is 2.07. The van der Waals surface area contributed by atoms with Crippen molar-refractivity contribution < 1.29 is 8.42 Å². The molecule has 0 aliphatic carbocycles. The maximum atomic E-state index is 11.0. The molecule has 1 aromatic heterocycles. The molecule has 0 bridgehead atoms. The van der Waals surface area contributed by atoms with Gasteiger partial charge in [0.15, 0.2) is 0 Å². The summed E-state index contributed by atoms with van der Waals surface area (Å²) in [5.41, 5.74) is 0. The van der Waals surface area contributed by atoms with Crippen molar-refractivity contribution in [3.63, 3.8) is 0 Å². The van der Waals surface area contributed by atoms with Crippen LogP contribution in [0.2, 0.25) is 0 Å². The molecule has 1 rings (SSSR count). The van der Waals surface area contributed by atoms with E-state index in [-0.39, 0.29) is 5.75 Å². The van der Waals surface area contributed by atoms with E-state index >= 15 is 0 Å². The second-order valence-corrected chi connectivity index (χ2v) is 6.44. The number of anilines is 1. The van der Waals surface area contributed by atoms with Crippen LogP contribution < -0.4 is 4.90 Å².